The Hall–Kier alpha value is -3.00. The van der Waals surface area contributed by atoms with Gasteiger partial charge in [-0.15, -0.1) is 11.8 Å². The van der Waals surface area contributed by atoms with E-state index in [1.165, 1.54) is 11.8 Å². The van der Waals surface area contributed by atoms with E-state index in [1.54, 1.807) is 6.92 Å². The molecule has 7 nitrogen and oxygen atoms in total. The first-order chi connectivity index (χ1) is 15.6. The molecule has 1 aromatic heterocycles. The van der Waals surface area contributed by atoms with Crippen LogP contribution < -0.4 is 9.47 Å². The van der Waals surface area contributed by atoms with Crippen molar-refractivity contribution in [1.82, 2.24) is 15.0 Å². The third-order valence-corrected chi connectivity index (χ3v) is 6.27. The maximum Gasteiger partial charge on any atom is 0.254 e. The van der Waals surface area contributed by atoms with Crippen molar-refractivity contribution in [3.05, 3.63) is 65.8 Å². The highest BCUT2D eigenvalue weighted by molar-refractivity contribution is 7.98. The Balaban J connectivity index is 1.36. The molecule has 0 N–H and O–H groups in total. The van der Waals surface area contributed by atoms with Crippen LogP contribution in [0.4, 0.5) is 0 Å². The number of thioether (sulfide) groups is 1. The van der Waals surface area contributed by atoms with E-state index in [2.05, 4.69) is 10.1 Å². The molecular weight excluding hydrogens is 426 g/mol. The van der Waals surface area contributed by atoms with Crippen molar-refractivity contribution >= 4 is 17.7 Å². The number of nitrogens with zero attached hydrogens (tertiary/aromatic N) is 3. The Kier molecular flexibility index (Phi) is 7.32. The summed E-state index contributed by atoms with van der Waals surface area (Å²) in [6, 6.07) is 15.4. The molecule has 8 heteroatoms. The molecule has 1 amide bonds. The van der Waals surface area contributed by atoms with Gasteiger partial charge in [-0.3, -0.25) is 4.79 Å². The lowest BCUT2D eigenvalue weighted by Gasteiger charge is -2.32. The molecule has 32 heavy (non-hydrogen) atoms. The Morgan fingerprint density at radius 3 is 2.56 bits per heavy atom. The second kappa shape index (κ2) is 10.5. The van der Waals surface area contributed by atoms with Gasteiger partial charge in [0.1, 0.15) is 6.10 Å². The lowest BCUT2D eigenvalue weighted by molar-refractivity contribution is 0.0586. The largest absolute Gasteiger partial charge is 0.490 e. The average molecular weight is 454 g/mol. The van der Waals surface area contributed by atoms with E-state index in [-0.39, 0.29) is 12.0 Å². The first kappa shape index (κ1) is 22.2. The summed E-state index contributed by atoms with van der Waals surface area (Å²) in [6.07, 6.45) is 1.62. The van der Waals surface area contributed by atoms with Gasteiger partial charge in [0.15, 0.2) is 17.3 Å². The van der Waals surface area contributed by atoms with Crippen molar-refractivity contribution in [3.63, 3.8) is 0 Å². The minimum Gasteiger partial charge on any atom is -0.490 e. The number of benzene rings is 2. The Labute approximate surface area is 192 Å². The molecule has 2 heterocycles. The summed E-state index contributed by atoms with van der Waals surface area (Å²) in [5, 5.41) is 3.82. The Morgan fingerprint density at radius 1 is 1.12 bits per heavy atom. The van der Waals surface area contributed by atoms with Crippen LogP contribution in [0.1, 0.15) is 41.8 Å². The van der Waals surface area contributed by atoms with Crippen molar-refractivity contribution in [3.8, 4) is 11.5 Å². The van der Waals surface area contributed by atoms with Gasteiger partial charge in [0, 0.05) is 30.8 Å². The zero-order chi connectivity index (χ0) is 22.3. The molecule has 0 aliphatic carbocycles. The fourth-order valence-corrected chi connectivity index (χ4v) is 4.54. The third kappa shape index (κ3) is 5.43. The van der Waals surface area contributed by atoms with E-state index < -0.39 is 0 Å². The fourth-order valence-electron chi connectivity index (χ4n) is 3.66. The number of carbonyl (C=O) groups excluding carboxylic acids is 1. The molecule has 168 valence electrons. The predicted octanol–water partition coefficient (Wildman–Crippen LogP) is 4.75. The van der Waals surface area contributed by atoms with Crippen molar-refractivity contribution in [2.24, 2.45) is 0 Å². The number of ether oxygens (including phenoxy) is 2. The minimum absolute atomic E-state index is 0.0444. The molecule has 0 spiro atoms. The van der Waals surface area contributed by atoms with E-state index in [1.807, 2.05) is 60.4 Å². The molecular formula is C24H27N3O4S. The highest BCUT2D eigenvalue weighted by Gasteiger charge is 2.26. The van der Waals surface area contributed by atoms with Gasteiger partial charge in [0.2, 0.25) is 5.89 Å². The molecule has 1 fully saturated rings. The number of amides is 1. The van der Waals surface area contributed by atoms with Crippen LogP contribution in [0.15, 0.2) is 57.9 Å². The van der Waals surface area contributed by atoms with Crippen molar-refractivity contribution < 1.29 is 18.8 Å². The zero-order valence-electron chi connectivity index (χ0n) is 18.3. The number of hydrogen-bond acceptors (Lipinski definition) is 7. The predicted molar refractivity (Wildman–Crippen MR) is 122 cm³/mol. The molecule has 0 radical (unpaired) electrons. The van der Waals surface area contributed by atoms with Crippen LogP contribution in [0, 0.1) is 6.92 Å². The first-order valence-corrected chi connectivity index (χ1v) is 11.8. The minimum atomic E-state index is 0.0444. The number of carbonyl (C=O) groups is 1. The van der Waals surface area contributed by atoms with Crippen LogP contribution in [-0.2, 0) is 5.75 Å². The molecule has 0 unspecified atom stereocenters. The monoisotopic (exact) mass is 453 g/mol. The maximum atomic E-state index is 13.2. The van der Waals surface area contributed by atoms with E-state index in [0.717, 1.165) is 29.2 Å². The van der Waals surface area contributed by atoms with Crippen LogP contribution in [0.25, 0.3) is 0 Å². The van der Waals surface area contributed by atoms with Crippen molar-refractivity contribution in [2.45, 2.75) is 43.4 Å². The lowest BCUT2D eigenvalue weighted by atomic mass is 10.1. The SMILES string of the molecule is CCOc1ccccc1OC1CCN(C(=O)c2ccccc2SCc2nc(C)no2)CC1. The number of para-hydroxylation sites is 2. The topological polar surface area (TPSA) is 77.7 Å². The lowest BCUT2D eigenvalue weighted by Crippen LogP contribution is -2.42. The molecule has 1 aliphatic rings. The summed E-state index contributed by atoms with van der Waals surface area (Å²) in [5.41, 5.74) is 0.704. The molecule has 1 saturated heterocycles. The number of aryl methyl sites for hydroxylation is 1. The average Bonchev–Trinajstić information content (AvgIpc) is 3.24. The van der Waals surface area contributed by atoms with Crippen LogP contribution in [0.3, 0.4) is 0 Å². The number of aromatic nitrogens is 2. The molecule has 2 aromatic carbocycles. The Bertz CT molecular complexity index is 1050. The van der Waals surface area contributed by atoms with Gasteiger partial charge in [-0.25, -0.2) is 0 Å². The Morgan fingerprint density at radius 2 is 1.84 bits per heavy atom. The number of rotatable bonds is 8. The molecule has 0 atom stereocenters. The van der Waals surface area contributed by atoms with Crippen molar-refractivity contribution in [1.29, 1.82) is 0 Å². The van der Waals surface area contributed by atoms with E-state index >= 15 is 0 Å². The van der Waals surface area contributed by atoms with Crippen LogP contribution in [0.5, 0.6) is 11.5 Å². The highest BCUT2D eigenvalue weighted by atomic mass is 32.2. The van der Waals surface area contributed by atoms with Crippen LogP contribution in [0.2, 0.25) is 0 Å². The second-order valence-electron chi connectivity index (χ2n) is 7.51. The van der Waals surface area contributed by atoms with Gasteiger partial charge < -0.3 is 18.9 Å². The summed E-state index contributed by atoms with van der Waals surface area (Å²) >= 11 is 1.53. The van der Waals surface area contributed by atoms with Gasteiger partial charge in [-0.05, 0) is 38.1 Å². The van der Waals surface area contributed by atoms with E-state index in [9.17, 15) is 4.79 Å². The molecule has 0 saturated carbocycles. The fraction of sp³-hybridized carbons (Fsp3) is 0.375. The number of piperidine rings is 1. The first-order valence-electron chi connectivity index (χ1n) is 10.8. The summed E-state index contributed by atoms with van der Waals surface area (Å²) < 4.78 is 17.0. The van der Waals surface area contributed by atoms with Gasteiger partial charge >= 0.3 is 0 Å². The quantitative estimate of drug-likeness (QED) is 0.455. The van der Waals surface area contributed by atoms with Gasteiger partial charge in [-0.2, -0.15) is 4.98 Å². The molecule has 4 rings (SSSR count). The van der Waals surface area contributed by atoms with Gasteiger partial charge in [-0.1, -0.05) is 29.4 Å². The van der Waals surface area contributed by atoms with Crippen molar-refractivity contribution in [2.75, 3.05) is 19.7 Å². The highest BCUT2D eigenvalue weighted by Crippen LogP contribution is 2.31. The second-order valence-corrected chi connectivity index (χ2v) is 8.53. The summed E-state index contributed by atoms with van der Waals surface area (Å²) in [4.78, 5) is 20.3. The summed E-state index contributed by atoms with van der Waals surface area (Å²) in [5.74, 6) is 3.26. The summed E-state index contributed by atoms with van der Waals surface area (Å²) in [6.45, 7) is 5.65. The van der Waals surface area contributed by atoms with Crippen LogP contribution in [-0.4, -0.2) is 46.7 Å². The standard InChI is InChI=1S/C24H27N3O4S/c1-3-29-20-9-5-6-10-21(20)30-18-12-14-27(15-13-18)24(28)19-8-4-7-11-22(19)32-16-23-25-17(2)26-31-23/h4-11,18H,3,12-16H2,1-2H3. The molecule has 3 aromatic rings. The summed E-state index contributed by atoms with van der Waals surface area (Å²) in [7, 11) is 0. The number of likely N-dealkylation sites (tertiary alicyclic amines) is 1. The van der Waals surface area contributed by atoms with E-state index in [0.29, 0.717) is 42.7 Å². The maximum absolute atomic E-state index is 13.2. The van der Waals surface area contributed by atoms with Crippen LogP contribution >= 0.6 is 11.8 Å². The zero-order valence-corrected chi connectivity index (χ0v) is 19.1. The normalized spacial score (nSPS) is 14.4. The smallest absolute Gasteiger partial charge is 0.254 e. The molecule has 0 bridgehead atoms. The van der Waals surface area contributed by atoms with Gasteiger partial charge in [0.05, 0.1) is 17.9 Å². The number of hydrogen-bond donors (Lipinski definition) is 0. The molecule has 1 aliphatic heterocycles. The van der Waals surface area contributed by atoms with Gasteiger partial charge in [0.25, 0.3) is 5.91 Å². The third-order valence-electron chi connectivity index (χ3n) is 5.21. The van der Waals surface area contributed by atoms with E-state index in [4.69, 9.17) is 14.0 Å².